The Morgan fingerprint density at radius 1 is 0.520 bits per heavy atom. The molecule has 0 atom stereocenters. The molecule has 0 aliphatic heterocycles. The third kappa shape index (κ3) is 3.85. The summed E-state index contributed by atoms with van der Waals surface area (Å²) in [5, 5.41) is 4.59. The van der Waals surface area contributed by atoms with E-state index >= 15 is 0 Å². The van der Waals surface area contributed by atoms with Gasteiger partial charge in [0.2, 0.25) is 0 Å². The van der Waals surface area contributed by atoms with Crippen molar-refractivity contribution in [1.29, 1.82) is 0 Å². The molecule has 0 spiro atoms. The molecule has 7 aromatic carbocycles. The molecular weight excluding hydrogens is 609 g/mol. The fraction of sp³-hybridized carbons (Fsp3) is 0.128. The van der Waals surface area contributed by atoms with Gasteiger partial charge in [-0.05, 0) is 116 Å². The summed E-state index contributed by atoms with van der Waals surface area (Å²) in [6, 6.07) is 47.9. The van der Waals surface area contributed by atoms with Crippen molar-refractivity contribution in [2.75, 3.05) is 4.90 Å². The van der Waals surface area contributed by atoms with Crippen molar-refractivity contribution in [2.24, 2.45) is 0 Å². The first-order valence-corrected chi connectivity index (χ1v) is 17.3. The Morgan fingerprint density at radius 2 is 1.16 bits per heavy atom. The Hall–Kier alpha value is -6.11. The topological polar surface area (TPSA) is 20.7 Å². The minimum absolute atomic E-state index is 0.0429. The third-order valence-corrected chi connectivity index (χ3v) is 11.4. The van der Waals surface area contributed by atoms with Gasteiger partial charge in [-0.3, -0.25) is 0 Å². The molecule has 3 nitrogen and oxygen atoms in total. The van der Waals surface area contributed by atoms with Crippen LogP contribution in [-0.4, -0.2) is 0 Å². The predicted octanol–water partition coefficient (Wildman–Crippen LogP) is 13.4. The number of hydrogen-bond donors (Lipinski definition) is 0. The highest BCUT2D eigenvalue weighted by Crippen LogP contribution is 2.56. The van der Waals surface area contributed by atoms with E-state index in [4.69, 9.17) is 11.0 Å². The molecule has 8 aromatic rings. The van der Waals surface area contributed by atoms with Crippen LogP contribution in [0.1, 0.15) is 49.9 Å². The fourth-order valence-corrected chi connectivity index (χ4v) is 8.81. The summed E-state index contributed by atoms with van der Waals surface area (Å²) in [7, 11) is 0. The fourth-order valence-electron chi connectivity index (χ4n) is 8.81. The van der Waals surface area contributed by atoms with Gasteiger partial charge in [0, 0.05) is 33.0 Å². The molecule has 2 aliphatic carbocycles. The van der Waals surface area contributed by atoms with E-state index in [9.17, 15) is 0 Å². The van der Waals surface area contributed by atoms with Gasteiger partial charge in [0.05, 0.1) is 12.3 Å². The van der Waals surface area contributed by atoms with E-state index in [1.54, 1.807) is 0 Å². The lowest BCUT2D eigenvalue weighted by Gasteiger charge is -2.26. The second-order valence-corrected chi connectivity index (χ2v) is 14.9. The van der Waals surface area contributed by atoms with Crippen LogP contribution in [-0.2, 0) is 10.8 Å². The van der Waals surface area contributed by atoms with Crippen molar-refractivity contribution >= 4 is 55.5 Å². The number of para-hydroxylation sites is 2. The van der Waals surface area contributed by atoms with E-state index < -0.39 is 0 Å². The Labute approximate surface area is 291 Å². The highest BCUT2D eigenvalue weighted by atomic mass is 16.3. The van der Waals surface area contributed by atoms with Gasteiger partial charge in [-0.1, -0.05) is 100 Å². The van der Waals surface area contributed by atoms with Gasteiger partial charge < -0.3 is 9.32 Å². The number of anilines is 3. The number of furan rings is 1. The maximum absolute atomic E-state index is 7.54. The number of hydrogen-bond acceptors (Lipinski definition) is 2. The number of rotatable bonds is 3. The molecule has 0 amide bonds. The molecule has 2 aliphatic rings. The first kappa shape index (κ1) is 28.9. The van der Waals surface area contributed by atoms with Crippen LogP contribution in [0.15, 0.2) is 138 Å². The standard InChI is InChI=1S/C47H34N2O/c1-46(2)39-14-8-6-11-33(39)37-26-42-38(27-41(37)46)36-24-28-17-20-32(23-29(28)25-40(36)47(42,3)4)49(31-21-18-30(48-5)19-22-31)43-15-10-13-35-34-12-7-9-16-44(34)50-45(35)43/h6-27H,1-4H3. The monoisotopic (exact) mass is 642 g/mol. The zero-order valence-electron chi connectivity index (χ0n) is 28.5. The van der Waals surface area contributed by atoms with Gasteiger partial charge in [0.25, 0.3) is 0 Å². The molecule has 238 valence electrons. The average Bonchev–Trinajstić information content (AvgIpc) is 3.71. The molecular formula is C47H34N2O. The van der Waals surface area contributed by atoms with Crippen molar-refractivity contribution in [3.63, 3.8) is 0 Å². The van der Waals surface area contributed by atoms with Gasteiger partial charge in [-0.25, -0.2) is 4.85 Å². The van der Waals surface area contributed by atoms with Crippen LogP contribution in [0.3, 0.4) is 0 Å². The highest BCUT2D eigenvalue weighted by molar-refractivity contribution is 6.10. The van der Waals surface area contributed by atoms with Crippen molar-refractivity contribution in [2.45, 2.75) is 38.5 Å². The SMILES string of the molecule is [C-]#[N+]c1ccc(N(c2ccc3cc4c(cc3c2)C(C)(C)c2cc3c(cc2-4)C(C)(C)c2ccccc2-3)c2cccc3c2oc2ccccc23)cc1. The van der Waals surface area contributed by atoms with Crippen LogP contribution in [0.25, 0.3) is 59.8 Å². The number of fused-ring (bicyclic) bond motifs is 10. The summed E-state index contributed by atoms with van der Waals surface area (Å²) in [5.74, 6) is 0. The summed E-state index contributed by atoms with van der Waals surface area (Å²) in [5.41, 5.74) is 16.1. The highest BCUT2D eigenvalue weighted by Gasteiger charge is 2.41. The molecule has 0 fully saturated rings. The van der Waals surface area contributed by atoms with Crippen LogP contribution in [0.2, 0.25) is 0 Å². The van der Waals surface area contributed by atoms with E-state index in [1.165, 1.54) is 55.3 Å². The minimum atomic E-state index is -0.152. The second-order valence-electron chi connectivity index (χ2n) is 14.9. The van der Waals surface area contributed by atoms with E-state index in [0.717, 1.165) is 39.0 Å². The largest absolute Gasteiger partial charge is 0.454 e. The Bertz CT molecular complexity index is 2770. The number of benzene rings is 7. The maximum Gasteiger partial charge on any atom is 0.187 e. The lowest BCUT2D eigenvalue weighted by Crippen LogP contribution is -2.17. The van der Waals surface area contributed by atoms with Crippen LogP contribution in [0.5, 0.6) is 0 Å². The maximum atomic E-state index is 7.54. The molecule has 0 saturated heterocycles. The van der Waals surface area contributed by atoms with E-state index in [1.807, 2.05) is 36.4 Å². The summed E-state index contributed by atoms with van der Waals surface area (Å²) in [6.45, 7) is 17.0. The van der Waals surface area contributed by atoms with E-state index in [0.29, 0.717) is 5.69 Å². The van der Waals surface area contributed by atoms with Crippen LogP contribution >= 0.6 is 0 Å². The smallest absolute Gasteiger partial charge is 0.187 e. The van der Waals surface area contributed by atoms with E-state index in [2.05, 4.69) is 135 Å². The van der Waals surface area contributed by atoms with Crippen molar-refractivity contribution in [3.05, 3.63) is 167 Å². The van der Waals surface area contributed by atoms with Crippen molar-refractivity contribution in [3.8, 4) is 22.3 Å². The van der Waals surface area contributed by atoms with Gasteiger partial charge in [-0.2, -0.15) is 0 Å². The van der Waals surface area contributed by atoms with Gasteiger partial charge in [-0.15, -0.1) is 0 Å². The molecule has 0 bridgehead atoms. The van der Waals surface area contributed by atoms with Gasteiger partial charge in [0.15, 0.2) is 11.3 Å². The Kier molecular flexibility index (Phi) is 5.75. The molecule has 3 heteroatoms. The second kappa shape index (κ2) is 9.97. The molecule has 50 heavy (non-hydrogen) atoms. The summed E-state index contributed by atoms with van der Waals surface area (Å²) < 4.78 is 6.54. The predicted molar refractivity (Wildman–Crippen MR) is 207 cm³/mol. The summed E-state index contributed by atoms with van der Waals surface area (Å²) in [4.78, 5) is 5.91. The van der Waals surface area contributed by atoms with Gasteiger partial charge in [0.1, 0.15) is 5.58 Å². The molecule has 0 radical (unpaired) electrons. The summed E-state index contributed by atoms with van der Waals surface area (Å²) in [6.07, 6.45) is 0. The zero-order valence-corrected chi connectivity index (χ0v) is 28.5. The van der Waals surface area contributed by atoms with E-state index in [-0.39, 0.29) is 10.8 Å². The minimum Gasteiger partial charge on any atom is -0.454 e. The lowest BCUT2D eigenvalue weighted by atomic mass is 9.79. The molecule has 10 rings (SSSR count). The third-order valence-electron chi connectivity index (χ3n) is 11.4. The quantitative estimate of drug-likeness (QED) is 0.179. The molecule has 1 aromatic heterocycles. The van der Waals surface area contributed by atoms with Crippen molar-refractivity contribution in [1.82, 2.24) is 0 Å². The van der Waals surface area contributed by atoms with Crippen molar-refractivity contribution < 1.29 is 4.42 Å². The molecule has 0 saturated carbocycles. The van der Waals surface area contributed by atoms with Crippen LogP contribution in [0, 0.1) is 6.57 Å². The Morgan fingerprint density at radius 3 is 1.96 bits per heavy atom. The first-order chi connectivity index (χ1) is 24.2. The van der Waals surface area contributed by atoms with Gasteiger partial charge >= 0.3 is 0 Å². The molecule has 1 heterocycles. The average molecular weight is 643 g/mol. The first-order valence-electron chi connectivity index (χ1n) is 17.3. The Balaban J connectivity index is 1.16. The zero-order chi connectivity index (χ0) is 33.9. The van der Waals surface area contributed by atoms with Crippen LogP contribution in [0.4, 0.5) is 22.7 Å². The molecule has 0 unspecified atom stereocenters. The summed E-state index contributed by atoms with van der Waals surface area (Å²) >= 11 is 0. The molecule has 0 N–H and O–H groups in total. The van der Waals surface area contributed by atoms with Crippen LogP contribution < -0.4 is 4.90 Å². The lowest BCUT2D eigenvalue weighted by molar-refractivity contribution is 0.652. The normalized spacial score (nSPS) is 14.7. The number of nitrogens with zero attached hydrogens (tertiary/aromatic N) is 2.